The number of nitrogens with one attached hydrogen (secondary N) is 1. The molecule has 0 spiro atoms. The standard InChI is InChI=1S/C12H9F6N3OS/c13-11(14,15)6-22-9-7(2-1-3-19-9)4-20-10-21-5-8(23-10)12(16,17)18/h1-3,5H,4,6H2,(H,20,21). The molecule has 4 nitrogen and oxygen atoms in total. The van der Waals surface area contributed by atoms with E-state index < -0.39 is 23.8 Å². The first-order chi connectivity index (χ1) is 10.6. The maximum Gasteiger partial charge on any atom is 0.427 e. The van der Waals surface area contributed by atoms with Crippen LogP contribution < -0.4 is 10.1 Å². The number of aromatic nitrogens is 2. The number of anilines is 1. The van der Waals surface area contributed by atoms with Crippen LogP contribution in [0.4, 0.5) is 31.5 Å². The summed E-state index contributed by atoms with van der Waals surface area (Å²) in [7, 11) is 0. The Balaban J connectivity index is 2.02. The van der Waals surface area contributed by atoms with E-state index in [-0.39, 0.29) is 23.1 Å². The summed E-state index contributed by atoms with van der Waals surface area (Å²) in [6.07, 6.45) is -7.08. The molecule has 23 heavy (non-hydrogen) atoms. The molecule has 0 saturated carbocycles. The van der Waals surface area contributed by atoms with Gasteiger partial charge < -0.3 is 10.1 Å². The molecule has 0 aliphatic carbocycles. The van der Waals surface area contributed by atoms with Gasteiger partial charge in [0.25, 0.3) is 0 Å². The fourth-order valence-electron chi connectivity index (χ4n) is 1.50. The van der Waals surface area contributed by atoms with Crippen LogP contribution in [0.2, 0.25) is 0 Å². The second kappa shape index (κ2) is 6.60. The minimum Gasteiger partial charge on any atom is -0.468 e. The number of rotatable bonds is 5. The zero-order valence-corrected chi connectivity index (χ0v) is 12.0. The molecular weight excluding hydrogens is 348 g/mol. The largest absolute Gasteiger partial charge is 0.468 e. The molecule has 11 heteroatoms. The Bertz CT molecular complexity index is 655. The molecule has 0 aliphatic rings. The van der Waals surface area contributed by atoms with Crippen LogP contribution in [-0.4, -0.2) is 22.8 Å². The van der Waals surface area contributed by atoms with Gasteiger partial charge in [0.15, 0.2) is 11.7 Å². The van der Waals surface area contributed by atoms with Gasteiger partial charge in [0, 0.05) is 18.3 Å². The minimum atomic E-state index is -4.51. The van der Waals surface area contributed by atoms with Crippen molar-refractivity contribution in [1.29, 1.82) is 0 Å². The van der Waals surface area contributed by atoms with Gasteiger partial charge in [0.1, 0.15) is 4.88 Å². The summed E-state index contributed by atoms with van der Waals surface area (Å²) >= 11 is 0.394. The monoisotopic (exact) mass is 357 g/mol. The summed E-state index contributed by atoms with van der Waals surface area (Å²) in [6.45, 7) is -1.58. The lowest BCUT2D eigenvalue weighted by Gasteiger charge is -2.12. The summed E-state index contributed by atoms with van der Waals surface area (Å²) < 4.78 is 78.4. The summed E-state index contributed by atoms with van der Waals surface area (Å²) in [5.74, 6) is -0.245. The molecule has 126 valence electrons. The number of thiazole rings is 1. The van der Waals surface area contributed by atoms with E-state index in [2.05, 4.69) is 20.0 Å². The highest BCUT2D eigenvalue weighted by Crippen LogP contribution is 2.35. The first-order valence-corrected chi connectivity index (χ1v) is 6.87. The van der Waals surface area contributed by atoms with Gasteiger partial charge in [-0.3, -0.25) is 0 Å². The highest BCUT2D eigenvalue weighted by molar-refractivity contribution is 7.15. The molecule has 0 atom stereocenters. The van der Waals surface area contributed by atoms with E-state index in [9.17, 15) is 26.3 Å². The van der Waals surface area contributed by atoms with Gasteiger partial charge in [0.2, 0.25) is 5.88 Å². The van der Waals surface area contributed by atoms with Crippen LogP contribution in [0.3, 0.4) is 0 Å². The van der Waals surface area contributed by atoms with Crippen molar-refractivity contribution in [3.63, 3.8) is 0 Å². The van der Waals surface area contributed by atoms with E-state index in [0.717, 1.165) is 0 Å². The molecule has 0 amide bonds. The SMILES string of the molecule is FC(F)(F)COc1ncccc1CNc1ncc(C(F)(F)F)s1. The van der Waals surface area contributed by atoms with Crippen LogP contribution in [0.5, 0.6) is 5.88 Å². The Morgan fingerprint density at radius 1 is 1.13 bits per heavy atom. The number of hydrogen-bond donors (Lipinski definition) is 1. The van der Waals surface area contributed by atoms with Crippen molar-refractivity contribution in [1.82, 2.24) is 9.97 Å². The molecule has 2 aromatic heterocycles. The smallest absolute Gasteiger partial charge is 0.427 e. The van der Waals surface area contributed by atoms with Crippen LogP contribution in [0.15, 0.2) is 24.5 Å². The Labute approximate surface area is 130 Å². The van der Waals surface area contributed by atoms with Crippen molar-refractivity contribution in [2.24, 2.45) is 0 Å². The third-order valence-electron chi connectivity index (χ3n) is 2.44. The predicted molar refractivity (Wildman–Crippen MR) is 70.2 cm³/mol. The molecule has 0 aliphatic heterocycles. The van der Waals surface area contributed by atoms with Gasteiger partial charge in [-0.15, -0.1) is 0 Å². The first kappa shape index (κ1) is 17.3. The second-order valence-corrected chi connectivity index (χ2v) is 5.28. The maximum absolute atomic E-state index is 12.4. The Morgan fingerprint density at radius 3 is 2.48 bits per heavy atom. The van der Waals surface area contributed by atoms with E-state index >= 15 is 0 Å². The number of hydrogen-bond acceptors (Lipinski definition) is 5. The quantitative estimate of drug-likeness (QED) is 0.818. The molecule has 2 rings (SSSR count). The Morgan fingerprint density at radius 2 is 1.87 bits per heavy atom. The molecule has 0 radical (unpaired) electrons. The number of nitrogens with zero attached hydrogens (tertiary/aromatic N) is 2. The molecule has 2 heterocycles. The van der Waals surface area contributed by atoms with Crippen molar-refractivity contribution >= 4 is 16.5 Å². The predicted octanol–water partition coefficient (Wildman–Crippen LogP) is 4.11. The van der Waals surface area contributed by atoms with Gasteiger partial charge in [-0.05, 0) is 6.07 Å². The zero-order valence-electron chi connectivity index (χ0n) is 11.2. The lowest BCUT2D eigenvalue weighted by molar-refractivity contribution is -0.154. The number of alkyl halides is 6. The lowest BCUT2D eigenvalue weighted by atomic mass is 10.3. The fraction of sp³-hybridized carbons (Fsp3) is 0.333. The minimum absolute atomic E-state index is 0.0112. The van der Waals surface area contributed by atoms with Crippen LogP contribution in [0.25, 0.3) is 0 Å². The summed E-state index contributed by atoms with van der Waals surface area (Å²) in [4.78, 5) is 6.36. The number of pyridine rings is 1. The second-order valence-electron chi connectivity index (χ2n) is 4.25. The van der Waals surface area contributed by atoms with Gasteiger partial charge >= 0.3 is 12.4 Å². The van der Waals surface area contributed by atoms with Gasteiger partial charge in [-0.25, -0.2) is 9.97 Å². The van der Waals surface area contributed by atoms with Crippen molar-refractivity contribution in [3.8, 4) is 5.88 Å². The van der Waals surface area contributed by atoms with Crippen LogP contribution in [-0.2, 0) is 12.7 Å². The summed E-state index contributed by atoms with van der Waals surface area (Å²) in [5.41, 5.74) is 0.264. The third-order valence-corrected chi connectivity index (χ3v) is 3.44. The Kier molecular flexibility index (Phi) is 4.97. The lowest BCUT2D eigenvalue weighted by Crippen LogP contribution is -2.20. The summed E-state index contributed by atoms with van der Waals surface area (Å²) in [6, 6.07) is 2.92. The molecule has 0 fully saturated rings. The van der Waals surface area contributed by atoms with Gasteiger partial charge in [-0.2, -0.15) is 26.3 Å². The fourth-order valence-corrected chi connectivity index (χ4v) is 2.18. The van der Waals surface area contributed by atoms with Crippen molar-refractivity contribution < 1.29 is 31.1 Å². The average molecular weight is 357 g/mol. The van der Waals surface area contributed by atoms with Crippen molar-refractivity contribution in [2.75, 3.05) is 11.9 Å². The summed E-state index contributed by atoms with van der Waals surface area (Å²) in [5, 5.41) is 2.59. The van der Waals surface area contributed by atoms with Crippen molar-refractivity contribution in [2.45, 2.75) is 18.9 Å². The molecule has 1 N–H and O–H groups in total. The van der Waals surface area contributed by atoms with E-state index in [0.29, 0.717) is 17.5 Å². The Hall–Kier alpha value is -2.04. The van der Waals surface area contributed by atoms with E-state index in [1.54, 1.807) is 0 Å². The van der Waals surface area contributed by atoms with Gasteiger partial charge in [-0.1, -0.05) is 17.4 Å². The maximum atomic E-state index is 12.4. The zero-order chi connectivity index (χ0) is 17.1. The molecular formula is C12H9F6N3OS. The molecule has 0 saturated heterocycles. The highest BCUT2D eigenvalue weighted by Gasteiger charge is 2.33. The first-order valence-electron chi connectivity index (χ1n) is 6.05. The number of halogens is 6. The van der Waals surface area contributed by atoms with E-state index in [4.69, 9.17) is 0 Å². The number of ether oxygens (including phenoxy) is 1. The normalized spacial score (nSPS) is 12.3. The molecule has 0 bridgehead atoms. The van der Waals surface area contributed by atoms with E-state index in [1.807, 2.05) is 0 Å². The third kappa shape index (κ3) is 5.27. The topological polar surface area (TPSA) is 47.0 Å². The molecule has 2 aromatic rings. The van der Waals surface area contributed by atoms with Crippen LogP contribution in [0, 0.1) is 0 Å². The van der Waals surface area contributed by atoms with Crippen LogP contribution >= 0.6 is 11.3 Å². The molecule has 0 unspecified atom stereocenters. The highest BCUT2D eigenvalue weighted by atomic mass is 32.1. The average Bonchev–Trinajstić information content (AvgIpc) is 2.92. The van der Waals surface area contributed by atoms with E-state index in [1.165, 1.54) is 18.3 Å². The molecule has 0 aromatic carbocycles. The van der Waals surface area contributed by atoms with Crippen LogP contribution in [0.1, 0.15) is 10.4 Å². The van der Waals surface area contributed by atoms with Crippen molar-refractivity contribution in [3.05, 3.63) is 35.0 Å². The van der Waals surface area contributed by atoms with Gasteiger partial charge in [0.05, 0.1) is 6.20 Å².